The van der Waals surface area contributed by atoms with Crippen LogP contribution in [0, 0.1) is 6.92 Å². The average Bonchev–Trinajstić information content (AvgIpc) is 2.88. The van der Waals surface area contributed by atoms with Gasteiger partial charge in [-0.05, 0) is 13.0 Å². The third-order valence-electron chi connectivity index (χ3n) is 3.76. The molecule has 0 atom stereocenters. The molecule has 24 heavy (non-hydrogen) atoms. The molecule has 0 aliphatic rings. The van der Waals surface area contributed by atoms with Crippen LogP contribution in [0.2, 0.25) is 0 Å². The number of halogens is 1. The minimum Gasteiger partial charge on any atom is -0.496 e. The Balaban J connectivity index is 0.00000288. The van der Waals surface area contributed by atoms with Crippen LogP contribution in [0.5, 0.6) is 5.75 Å². The molecule has 0 aliphatic heterocycles. The summed E-state index contributed by atoms with van der Waals surface area (Å²) in [5.41, 5.74) is 1.11. The molecule has 2 aromatic rings. The monoisotopic (exact) mass is 444 g/mol. The highest BCUT2D eigenvalue weighted by Gasteiger charge is 2.11. The lowest BCUT2D eigenvalue weighted by Gasteiger charge is -2.23. The van der Waals surface area contributed by atoms with Crippen LogP contribution in [0.15, 0.2) is 29.3 Å². The predicted molar refractivity (Wildman–Crippen MR) is 106 cm³/mol. The fourth-order valence-electron chi connectivity index (χ4n) is 2.31. The van der Waals surface area contributed by atoms with E-state index in [-0.39, 0.29) is 24.0 Å². The number of aromatic nitrogens is 3. The van der Waals surface area contributed by atoms with Crippen molar-refractivity contribution in [3.63, 3.8) is 0 Å². The summed E-state index contributed by atoms with van der Waals surface area (Å²) in [4.78, 5) is 6.37. The maximum atomic E-state index is 5.40. The number of benzene rings is 1. The number of ether oxygens (including phenoxy) is 1. The van der Waals surface area contributed by atoms with Gasteiger partial charge in [0.25, 0.3) is 0 Å². The van der Waals surface area contributed by atoms with E-state index >= 15 is 0 Å². The molecule has 1 N–H and O–H groups in total. The Morgan fingerprint density at radius 3 is 2.62 bits per heavy atom. The van der Waals surface area contributed by atoms with Gasteiger partial charge in [-0.3, -0.25) is 4.99 Å². The van der Waals surface area contributed by atoms with Crippen molar-refractivity contribution in [2.24, 2.45) is 12.0 Å². The molecule has 0 unspecified atom stereocenters. The Labute approximate surface area is 160 Å². The molecule has 1 heterocycles. The van der Waals surface area contributed by atoms with Crippen LogP contribution in [-0.4, -0.2) is 46.8 Å². The van der Waals surface area contributed by atoms with E-state index in [2.05, 4.69) is 26.6 Å². The van der Waals surface area contributed by atoms with E-state index in [1.165, 1.54) is 0 Å². The number of hydrogen-bond donors (Lipinski definition) is 1. The van der Waals surface area contributed by atoms with Gasteiger partial charge in [0.15, 0.2) is 11.8 Å². The highest BCUT2D eigenvalue weighted by Crippen LogP contribution is 2.18. The van der Waals surface area contributed by atoms with Crippen molar-refractivity contribution in [1.82, 2.24) is 25.0 Å². The van der Waals surface area contributed by atoms with E-state index < -0.39 is 0 Å². The Hall–Kier alpha value is -1.84. The molecule has 0 saturated heterocycles. The van der Waals surface area contributed by atoms with Gasteiger partial charge in [0, 0.05) is 33.3 Å². The minimum atomic E-state index is 0. The van der Waals surface area contributed by atoms with E-state index in [4.69, 9.17) is 4.74 Å². The number of rotatable bonds is 5. The Bertz CT molecular complexity index is 685. The highest BCUT2D eigenvalue weighted by atomic mass is 127. The summed E-state index contributed by atoms with van der Waals surface area (Å²) in [7, 11) is 7.39. The largest absolute Gasteiger partial charge is 0.496 e. The number of hydrogen-bond acceptors (Lipinski definition) is 4. The van der Waals surface area contributed by atoms with Crippen LogP contribution in [0.25, 0.3) is 0 Å². The fourth-order valence-corrected chi connectivity index (χ4v) is 2.31. The molecule has 0 radical (unpaired) electrons. The van der Waals surface area contributed by atoms with Crippen molar-refractivity contribution in [3.8, 4) is 5.75 Å². The summed E-state index contributed by atoms with van der Waals surface area (Å²) in [5, 5.41) is 11.5. The molecule has 132 valence electrons. The van der Waals surface area contributed by atoms with E-state index in [1.807, 2.05) is 48.7 Å². The maximum Gasteiger partial charge on any atom is 0.194 e. The van der Waals surface area contributed by atoms with E-state index in [0.29, 0.717) is 13.1 Å². The van der Waals surface area contributed by atoms with Crippen molar-refractivity contribution in [3.05, 3.63) is 41.5 Å². The second kappa shape index (κ2) is 9.45. The topological polar surface area (TPSA) is 67.6 Å². The van der Waals surface area contributed by atoms with E-state index in [0.717, 1.165) is 28.9 Å². The van der Waals surface area contributed by atoms with E-state index in [9.17, 15) is 0 Å². The SMILES string of the molecule is CN=C(NCc1nnc(C)n1C)N(C)Cc1ccccc1OC.I. The van der Waals surface area contributed by atoms with Gasteiger partial charge in [0.05, 0.1) is 13.7 Å². The smallest absolute Gasteiger partial charge is 0.194 e. The van der Waals surface area contributed by atoms with Gasteiger partial charge in [-0.1, -0.05) is 18.2 Å². The Morgan fingerprint density at radius 1 is 1.33 bits per heavy atom. The van der Waals surface area contributed by atoms with Gasteiger partial charge >= 0.3 is 0 Å². The molecule has 0 amide bonds. The molecule has 1 aromatic heterocycles. The van der Waals surface area contributed by atoms with Crippen LogP contribution >= 0.6 is 24.0 Å². The van der Waals surface area contributed by atoms with Gasteiger partial charge < -0.3 is 19.5 Å². The van der Waals surface area contributed by atoms with Gasteiger partial charge in [-0.25, -0.2) is 0 Å². The van der Waals surface area contributed by atoms with Crippen molar-refractivity contribution >= 4 is 29.9 Å². The van der Waals surface area contributed by atoms with Crippen molar-refractivity contribution in [1.29, 1.82) is 0 Å². The van der Waals surface area contributed by atoms with Gasteiger partial charge in [-0.15, -0.1) is 34.2 Å². The number of aryl methyl sites for hydroxylation is 1. The molecule has 7 nitrogen and oxygen atoms in total. The third-order valence-corrected chi connectivity index (χ3v) is 3.76. The van der Waals surface area contributed by atoms with E-state index in [1.54, 1.807) is 14.2 Å². The minimum absolute atomic E-state index is 0. The number of nitrogens with one attached hydrogen (secondary N) is 1. The summed E-state index contributed by atoms with van der Waals surface area (Å²) < 4.78 is 7.36. The third kappa shape index (κ3) is 4.83. The molecule has 8 heteroatoms. The van der Waals surface area contributed by atoms with Gasteiger partial charge in [0.2, 0.25) is 0 Å². The lowest BCUT2D eigenvalue weighted by molar-refractivity contribution is 0.396. The first-order valence-electron chi connectivity index (χ1n) is 7.45. The van der Waals surface area contributed by atoms with Crippen LogP contribution in [0.4, 0.5) is 0 Å². The maximum absolute atomic E-state index is 5.40. The first-order chi connectivity index (χ1) is 11.1. The average molecular weight is 444 g/mol. The molecule has 0 spiro atoms. The van der Waals surface area contributed by atoms with Crippen molar-refractivity contribution in [2.75, 3.05) is 21.2 Å². The zero-order chi connectivity index (χ0) is 16.8. The molecule has 0 saturated carbocycles. The molecule has 0 bridgehead atoms. The number of methoxy groups -OCH3 is 1. The van der Waals surface area contributed by atoms with Crippen LogP contribution in [0.3, 0.4) is 0 Å². The quantitative estimate of drug-likeness (QED) is 0.434. The van der Waals surface area contributed by atoms with Gasteiger partial charge in [-0.2, -0.15) is 0 Å². The van der Waals surface area contributed by atoms with Crippen LogP contribution < -0.4 is 10.1 Å². The normalized spacial score (nSPS) is 11.0. The first kappa shape index (κ1) is 20.2. The molecular formula is C16H25IN6O. The molecule has 1 aromatic carbocycles. The number of para-hydroxylation sites is 1. The lowest BCUT2D eigenvalue weighted by atomic mass is 10.2. The van der Waals surface area contributed by atoms with Crippen molar-refractivity contribution in [2.45, 2.75) is 20.0 Å². The fraction of sp³-hybridized carbons (Fsp3) is 0.438. The Kier molecular flexibility index (Phi) is 7.96. The summed E-state index contributed by atoms with van der Waals surface area (Å²) >= 11 is 0. The standard InChI is InChI=1S/C16H24N6O.HI/c1-12-19-20-15(22(12)4)10-18-16(17-2)21(3)11-13-8-6-7-9-14(13)23-5;/h6-9H,10-11H2,1-5H3,(H,17,18);1H. The highest BCUT2D eigenvalue weighted by molar-refractivity contribution is 14.0. The Morgan fingerprint density at radius 2 is 2.04 bits per heavy atom. The lowest BCUT2D eigenvalue weighted by Crippen LogP contribution is -2.38. The summed E-state index contributed by atoms with van der Waals surface area (Å²) in [6.07, 6.45) is 0. The van der Waals surface area contributed by atoms with Crippen LogP contribution in [0.1, 0.15) is 17.2 Å². The summed E-state index contributed by atoms with van der Waals surface area (Å²) in [6.45, 7) is 3.20. The first-order valence-corrected chi connectivity index (χ1v) is 7.45. The molecule has 0 aliphatic carbocycles. The number of aliphatic imine (C=N–C) groups is 1. The zero-order valence-electron chi connectivity index (χ0n) is 14.8. The summed E-state index contributed by atoms with van der Waals surface area (Å²) in [6, 6.07) is 7.98. The number of guanidine groups is 1. The van der Waals surface area contributed by atoms with Gasteiger partial charge in [0.1, 0.15) is 11.6 Å². The number of nitrogens with zero attached hydrogens (tertiary/aromatic N) is 5. The molecule has 0 fully saturated rings. The molecule has 2 rings (SSSR count). The van der Waals surface area contributed by atoms with Crippen molar-refractivity contribution < 1.29 is 4.74 Å². The van der Waals surface area contributed by atoms with Crippen LogP contribution in [-0.2, 0) is 20.1 Å². The second-order valence-electron chi connectivity index (χ2n) is 5.29. The molecular weight excluding hydrogens is 419 g/mol. The summed E-state index contributed by atoms with van der Waals surface area (Å²) in [5.74, 6) is 3.42. The predicted octanol–water partition coefficient (Wildman–Crippen LogP) is 1.96. The zero-order valence-corrected chi connectivity index (χ0v) is 17.1. The second-order valence-corrected chi connectivity index (χ2v) is 5.29.